The SMILES string of the molecule is COc1ccc(OC)c2c(OC)c([C@H](O)CO)cc(OC)c12. The van der Waals surface area contributed by atoms with Gasteiger partial charge in [0, 0.05) is 5.56 Å². The molecule has 120 valence electrons. The Hall–Kier alpha value is -2.18. The summed E-state index contributed by atoms with van der Waals surface area (Å²) in [4.78, 5) is 0. The summed E-state index contributed by atoms with van der Waals surface area (Å²) in [6, 6.07) is 5.15. The van der Waals surface area contributed by atoms with Crippen molar-refractivity contribution >= 4 is 10.8 Å². The lowest BCUT2D eigenvalue weighted by molar-refractivity contribution is 0.0933. The minimum Gasteiger partial charge on any atom is -0.496 e. The van der Waals surface area contributed by atoms with Gasteiger partial charge in [0.25, 0.3) is 0 Å². The molecule has 0 amide bonds. The third kappa shape index (κ3) is 2.51. The van der Waals surface area contributed by atoms with E-state index in [1.54, 1.807) is 32.4 Å². The van der Waals surface area contributed by atoms with Gasteiger partial charge in [0.15, 0.2) is 0 Å². The van der Waals surface area contributed by atoms with E-state index >= 15 is 0 Å². The molecular formula is C16H20O6. The first-order valence-electron chi connectivity index (χ1n) is 6.71. The number of methoxy groups -OCH3 is 4. The maximum absolute atomic E-state index is 10.1. The van der Waals surface area contributed by atoms with E-state index in [2.05, 4.69) is 0 Å². The van der Waals surface area contributed by atoms with Crippen LogP contribution in [0, 0.1) is 0 Å². The van der Waals surface area contributed by atoms with Crippen molar-refractivity contribution in [3.05, 3.63) is 23.8 Å². The molecule has 0 aliphatic carbocycles. The molecule has 0 saturated heterocycles. The van der Waals surface area contributed by atoms with Crippen LogP contribution in [-0.4, -0.2) is 45.3 Å². The van der Waals surface area contributed by atoms with Gasteiger partial charge >= 0.3 is 0 Å². The highest BCUT2D eigenvalue weighted by Crippen LogP contribution is 2.47. The van der Waals surface area contributed by atoms with Crippen LogP contribution in [0.4, 0.5) is 0 Å². The summed E-state index contributed by atoms with van der Waals surface area (Å²) < 4.78 is 21.7. The molecule has 0 bridgehead atoms. The van der Waals surface area contributed by atoms with E-state index in [1.165, 1.54) is 14.2 Å². The zero-order valence-corrected chi connectivity index (χ0v) is 13.0. The van der Waals surface area contributed by atoms with Crippen LogP contribution in [0.1, 0.15) is 11.7 Å². The van der Waals surface area contributed by atoms with E-state index in [-0.39, 0.29) is 0 Å². The average molecular weight is 308 g/mol. The van der Waals surface area contributed by atoms with Gasteiger partial charge in [-0.1, -0.05) is 0 Å². The lowest BCUT2D eigenvalue weighted by Crippen LogP contribution is -2.07. The summed E-state index contributed by atoms with van der Waals surface area (Å²) in [6.07, 6.45) is -1.09. The van der Waals surface area contributed by atoms with Crippen LogP contribution >= 0.6 is 0 Å². The number of aliphatic hydroxyl groups is 2. The Morgan fingerprint density at radius 1 is 0.864 bits per heavy atom. The molecule has 22 heavy (non-hydrogen) atoms. The second-order valence-electron chi connectivity index (χ2n) is 4.62. The van der Waals surface area contributed by atoms with Crippen molar-refractivity contribution in [2.45, 2.75) is 6.10 Å². The Morgan fingerprint density at radius 2 is 1.41 bits per heavy atom. The maximum Gasteiger partial charge on any atom is 0.136 e. The summed E-state index contributed by atoms with van der Waals surface area (Å²) in [7, 11) is 6.12. The number of ether oxygens (including phenoxy) is 4. The smallest absolute Gasteiger partial charge is 0.136 e. The Labute approximate surface area is 128 Å². The fraction of sp³-hybridized carbons (Fsp3) is 0.375. The Morgan fingerprint density at radius 3 is 1.86 bits per heavy atom. The van der Waals surface area contributed by atoms with Crippen LogP contribution < -0.4 is 18.9 Å². The van der Waals surface area contributed by atoms with E-state index in [4.69, 9.17) is 18.9 Å². The molecule has 0 aliphatic heterocycles. The zero-order chi connectivity index (χ0) is 16.3. The van der Waals surface area contributed by atoms with Crippen molar-refractivity contribution in [2.75, 3.05) is 35.0 Å². The fourth-order valence-corrected chi connectivity index (χ4v) is 2.52. The van der Waals surface area contributed by atoms with Gasteiger partial charge in [0.1, 0.15) is 29.1 Å². The quantitative estimate of drug-likeness (QED) is 0.849. The Bertz CT molecular complexity index is 667. The molecule has 2 aromatic carbocycles. The first-order chi connectivity index (χ1) is 10.6. The molecule has 6 nitrogen and oxygen atoms in total. The highest BCUT2D eigenvalue weighted by molar-refractivity contribution is 6.03. The molecule has 0 unspecified atom stereocenters. The first-order valence-corrected chi connectivity index (χ1v) is 6.71. The van der Waals surface area contributed by atoms with Gasteiger partial charge in [-0.25, -0.2) is 0 Å². The maximum atomic E-state index is 10.1. The second kappa shape index (κ2) is 6.72. The molecule has 0 fully saturated rings. The van der Waals surface area contributed by atoms with E-state index < -0.39 is 12.7 Å². The highest BCUT2D eigenvalue weighted by atomic mass is 16.5. The molecule has 0 radical (unpaired) electrons. The largest absolute Gasteiger partial charge is 0.496 e. The van der Waals surface area contributed by atoms with Gasteiger partial charge < -0.3 is 29.2 Å². The van der Waals surface area contributed by atoms with Crippen LogP contribution in [0.15, 0.2) is 18.2 Å². The van der Waals surface area contributed by atoms with Crippen LogP contribution in [0.2, 0.25) is 0 Å². The minimum atomic E-state index is -1.09. The normalized spacial score (nSPS) is 12.1. The van der Waals surface area contributed by atoms with Crippen molar-refractivity contribution in [1.82, 2.24) is 0 Å². The molecule has 1 atom stereocenters. The molecule has 6 heteroatoms. The minimum absolute atomic E-state index is 0.410. The lowest BCUT2D eigenvalue weighted by Gasteiger charge is -2.20. The van der Waals surface area contributed by atoms with Crippen LogP contribution in [0.25, 0.3) is 10.8 Å². The van der Waals surface area contributed by atoms with Gasteiger partial charge in [-0.2, -0.15) is 0 Å². The summed E-state index contributed by atoms with van der Waals surface area (Å²) in [5.74, 6) is 2.05. The first kappa shape index (κ1) is 16.2. The average Bonchev–Trinajstić information content (AvgIpc) is 2.58. The second-order valence-corrected chi connectivity index (χ2v) is 4.62. The predicted molar refractivity (Wildman–Crippen MR) is 82.2 cm³/mol. The van der Waals surface area contributed by atoms with E-state index in [0.29, 0.717) is 39.3 Å². The molecule has 0 heterocycles. The number of hydrogen-bond donors (Lipinski definition) is 2. The number of benzene rings is 2. The summed E-state index contributed by atoms with van der Waals surface area (Å²) in [5.41, 5.74) is 0.418. The van der Waals surface area contributed by atoms with Crippen molar-refractivity contribution in [1.29, 1.82) is 0 Å². The van der Waals surface area contributed by atoms with Crippen molar-refractivity contribution in [3.63, 3.8) is 0 Å². The molecule has 2 rings (SSSR count). The van der Waals surface area contributed by atoms with Gasteiger partial charge in [-0.3, -0.25) is 0 Å². The molecule has 2 N–H and O–H groups in total. The molecule has 0 spiro atoms. The van der Waals surface area contributed by atoms with Crippen molar-refractivity contribution in [2.24, 2.45) is 0 Å². The molecule has 0 aliphatic rings. The molecule has 0 saturated carbocycles. The molecule has 0 aromatic heterocycles. The zero-order valence-electron chi connectivity index (χ0n) is 13.0. The molecular weight excluding hydrogens is 288 g/mol. The standard InChI is InChI=1S/C16H20O6/c1-19-11-5-6-12(20-2)15-14(11)13(21-3)7-9(10(18)8-17)16(15)22-4/h5-7,10,17-18H,8H2,1-4H3/t10-/m1/s1. The monoisotopic (exact) mass is 308 g/mol. The van der Waals surface area contributed by atoms with E-state index in [9.17, 15) is 10.2 Å². The Kier molecular flexibility index (Phi) is 4.95. The third-order valence-electron chi connectivity index (χ3n) is 3.55. The lowest BCUT2D eigenvalue weighted by atomic mass is 9.99. The van der Waals surface area contributed by atoms with E-state index in [1.807, 2.05) is 0 Å². The predicted octanol–water partition coefficient (Wildman–Crippen LogP) is 1.90. The Balaban J connectivity index is 2.98. The summed E-state index contributed by atoms with van der Waals surface area (Å²) in [6.45, 7) is -0.433. The van der Waals surface area contributed by atoms with Gasteiger partial charge in [0.05, 0.1) is 45.8 Å². The third-order valence-corrected chi connectivity index (χ3v) is 3.55. The number of fused-ring (bicyclic) bond motifs is 1. The number of hydrogen-bond acceptors (Lipinski definition) is 6. The van der Waals surface area contributed by atoms with Crippen LogP contribution in [-0.2, 0) is 0 Å². The van der Waals surface area contributed by atoms with Gasteiger partial charge in [0.2, 0.25) is 0 Å². The van der Waals surface area contributed by atoms with Gasteiger partial charge in [-0.15, -0.1) is 0 Å². The van der Waals surface area contributed by atoms with Crippen molar-refractivity contribution < 1.29 is 29.2 Å². The topological polar surface area (TPSA) is 77.4 Å². The van der Waals surface area contributed by atoms with Crippen LogP contribution in [0.5, 0.6) is 23.0 Å². The molecule has 2 aromatic rings. The fourth-order valence-electron chi connectivity index (χ4n) is 2.52. The number of aliphatic hydroxyl groups excluding tert-OH is 2. The highest BCUT2D eigenvalue weighted by Gasteiger charge is 2.23. The summed E-state index contributed by atoms with van der Waals surface area (Å²) >= 11 is 0. The van der Waals surface area contributed by atoms with E-state index in [0.717, 1.165) is 0 Å². The van der Waals surface area contributed by atoms with Gasteiger partial charge in [-0.05, 0) is 18.2 Å². The van der Waals surface area contributed by atoms with Crippen molar-refractivity contribution in [3.8, 4) is 23.0 Å². The van der Waals surface area contributed by atoms with Crippen LogP contribution in [0.3, 0.4) is 0 Å². The number of rotatable bonds is 6. The summed E-state index contributed by atoms with van der Waals surface area (Å²) in [5, 5.41) is 20.6.